The summed E-state index contributed by atoms with van der Waals surface area (Å²) in [6.07, 6.45) is 0. The van der Waals surface area contributed by atoms with Gasteiger partial charge in [0, 0.05) is 24.8 Å². The van der Waals surface area contributed by atoms with Crippen LogP contribution in [0.4, 0.5) is 5.69 Å². The molecule has 0 aromatic heterocycles. The van der Waals surface area contributed by atoms with E-state index in [1.54, 1.807) is 11.9 Å². The van der Waals surface area contributed by atoms with Crippen molar-refractivity contribution in [3.05, 3.63) is 64.7 Å². The first-order chi connectivity index (χ1) is 9.52. The van der Waals surface area contributed by atoms with Gasteiger partial charge in [0.2, 0.25) is 0 Å². The second-order valence-corrected chi connectivity index (χ2v) is 5.04. The van der Waals surface area contributed by atoms with E-state index in [0.717, 1.165) is 11.3 Å². The van der Waals surface area contributed by atoms with Crippen LogP contribution in [0.5, 0.6) is 0 Å². The van der Waals surface area contributed by atoms with E-state index in [9.17, 15) is 4.79 Å². The van der Waals surface area contributed by atoms with E-state index in [2.05, 4.69) is 6.92 Å². The lowest BCUT2D eigenvalue weighted by Crippen LogP contribution is -2.26. The summed E-state index contributed by atoms with van der Waals surface area (Å²) in [5.41, 5.74) is 10.5. The molecule has 0 bridgehead atoms. The van der Waals surface area contributed by atoms with Crippen molar-refractivity contribution in [2.24, 2.45) is 5.73 Å². The van der Waals surface area contributed by atoms with Crippen molar-refractivity contribution in [1.82, 2.24) is 0 Å². The Kier molecular flexibility index (Phi) is 4.20. The minimum Gasteiger partial charge on any atom is -0.326 e. The molecule has 2 N–H and O–H groups in total. The number of amides is 1. The van der Waals surface area contributed by atoms with Crippen LogP contribution in [0.3, 0.4) is 0 Å². The van der Waals surface area contributed by atoms with Crippen LogP contribution in [0.2, 0.25) is 0 Å². The van der Waals surface area contributed by atoms with Gasteiger partial charge < -0.3 is 10.6 Å². The van der Waals surface area contributed by atoms with Gasteiger partial charge >= 0.3 is 0 Å². The van der Waals surface area contributed by atoms with Gasteiger partial charge in [-0.1, -0.05) is 18.2 Å². The summed E-state index contributed by atoms with van der Waals surface area (Å²) in [4.78, 5) is 14.2. The first-order valence-electron chi connectivity index (χ1n) is 6.67. The number of carbonyl (C=O) groups excluding carboxylic acids is 1. The molecule has 0 heterocycles. The second-order valence-electron chi connectivity index (χ2n) is 5.04. The van der Waals surface area contributed by atoms with Gasteiger partial charge in [-0.05, 0) is 54.8 Å². The lowest BCUT2D eigenvalue weighted by Gasteiger charge is -2.19. The van der Waals surface area contributed by atoms with Crippen molar-refractivity contribution < 1.29 is 4.79 Å². The van der Waals surface area contributed by atoms with E-state index < -0.39 is 0 Å². The molecule has 104 valence electrons. The first kappa shape index (κ1) is 14.3. The van der Waals surface area contributed by atoms with Crippen LogP contribution in [-0.4, -0.2) is 13.0 Å². The Hall–Kier alpha value is -2.13. The lowest BCUT2D eigenvalue weighted by molar-refractivity contribution is 0.0993. The normalized spacial score (nSPS) is 10.4. The second kappa shape index (κ2) is 5.88. The van der Waals surface area contributed by atoms with Gasteiger partial charge in [-0.15, -0.1) is 0 Å². The van der Waals surface area contributed by atoms with Gasteiger partial charge in [0.25, 0.3) is 5.91 Å². The van der Waals surface area contributed by atoms with E-state index in [4.69, 9.17) is 5.73 Å². The Morgan fingerprint density at radius 1 is 1.10 bits per heavy atom. The Bertz CT molecular complexity index is 635. The van der Waals surface area contributed by atoms with Gasteiger partial charge in [-0.2, -0.15) is 0 Å². The maximum Gasteiger partial charge on any atom is 0.258 e. The van der Waals surface area contributed by atoms with Gasteiger partial charge in [-0.25, -0.2) is 0 Å². The molecular weight excluding hydrogens is 248 g/mol. The molecule has 0 saturated carbocycles. The number of aryl methyl sites for hydroxylation is 2. The third-order valence-electron chi connectivity index (χ3n) is 3.59. The number of rotatable bonds is 3. The van der Waals surface area contributed by atoms with Crippen molar-refractivity contribution in [1.29, 1.82) is 0 Å². The molecule has 2 rings (SSSR count). The van der Waals surface area contributed by atoms with E-state index in [-0.39, 0.29) is 5.91 Å². The first-order valence-corrected chi connectivity index (χ1v) is 6.67. The molecule has 20 heavy (non-hydrogen) atoms. The van der Waals surface area contributed by atoms with E-state index in [1.807, 2.05) is 49.4 Å². The quantitative estimate of drug-likeness (QED) is 0.930. The number of carbonyl (C=O) groups is 1. The number of nitrogens with zero attached hydrogens (tertiary/aromatic N) is 1. The fraction of sp³-hybridized carbons (Fsp3) is 0.235. The summed E-state index contributed by atoms with van der Waals surface area (Å²) in [7, 11) is 1.79. The van der Waals surface area contributed by atoms with Crippen molar-refractivity contribution in [2.75, 3.05) is 11.9 Å². The maximum atomic E-state index is 12.5. The van der Waals surface area contributed by atoms with Crippen LogP contribution in [0.25, 0.3) is 0 Å². The largest absolute Gasteiger partial charge is 0.326 e. The molecular formula is C17H20N2O. The molecule has 0 radical (unpaired) electrons. The van der Waals surface area contributed by atoms with Crippen molar-refractivity contribution in [3.63, 3.8) is 0 Å². The van der Waals surface area contributed by atoms with Crippen molar-refractivity contribution in [3.8, 4) is 0 Å². The molecule has 0 spiro atoms. The van der Waals surface area contributed by atoms with E-state index in [1.165, 1.54) is 11.1 Å². The predicted octanol–water partition coefficient (Wildman–Crippen LogP) is 3.04. The highest BCUT2D eigenvalue weighted by Gasteiger charge is 2.14. The monoisotopic (exact) mass is 268 g/mol. The van der Waals surface area contributed by atoms with Gasteiger partial charge in [0.1, 0.15) is 0 Å². The van der Waals surface area contributed by atoms with Gasteiger partial charge in [0.05, 0.1) is 0 Å². The SMILES string of the molecule is Cc1ccc(N(C)C(=O)c2cccc(CN)c2)cc1C. The van der Waals surface area contributed by atoms with Crippen molar-refractivity contribution >= 4 is 11.6 Å². The Labute approximate surface area is 120 Å². The van der Waals surface area contributed by atoms with Gasteiger partial charge in [0.15, 0.2) is 0 Å². The smallest absolute Gasteiger partial charge is 0.258 e. The zero-order chi connectivity index (χ0) is 14.7. The Balaban J connectivity index is 2.29. The molecule has 0 unspecified atom stereocenters. The maximum absolute atomic E-state index is 12.5. The molecule has 0 atom stereocenters. The molecule has 0 saturated heterocycles. The fourth-order valence-corrected chi connectivity index (χ4v) is 2.08. The van der Waals surface area contributed by atoms with Crippen LogP contribution >= 0.6 is 0 Å². The van der Waals surface area contributed by atoms with Crippen LogP contribution < -0.4 is 10.6 Å². The van der Waals surface area contributed by atoms with E-state index in [0.29, 0.717) is 12.1 Å². The zero-order valence-corrected chi connectivity index (χ0v) is 12.2. The highest BCUT2D eigenvalue weighted by molar-refractivity contribution is 6.05. The standard InChI is InChI=1S/C17H20N2O/c1-12-7-8-16(9-13(12)2)19(3)17(20)15-6-4-5-14(10-15)11-18/h4-10H,11,18H2,1-3H3. The summed E-state index contributed by atoms with van der Waals surface area (Å²) in [5, 5.41) is 0. The highest BCUT2D eigenvalue weighted by Crippen LogP contribution is 2.19. The molecule has 0 aliphatic carbocycles. The molecule has 3 nitrogen and oxygen atoms in total. The average molecular weight is 268 g/mol. The topological polar surface area (TPSA) is 46.3 Å². The van der Waals surface area contributed by atoms with Crippen LogP contribution in [-0.2, 0) is 6.54 Å². The summed E-state index contributed by atoms with van der Waals surface area (Å²) in [5.74, 6) is -0.0245. The number of anilines is 1. The minimum atomic E-state index is -0.0245. The molecule has 0 aliphatic heterocycles. The van der Waals surface area contributed by atoms with Gasteiger partial charge in [-0.3, -0.25) is 4.79 Å². The van der Waals surface area contributed by atoms with Crippen molar-refractivity contribution in [2.45, 2.75) is 20.4 Å². The third kappa shape index (κ3) is 2.89. The molecule has 0 fully saturated rings. The zero-order valence-electron chi connectivity index (χ0n) is 12.2. The number of nitrogens with two attached hydrogens (primary N) is 1. The predicted molar refractivity (Wildman–Crippen MR) is 83.0 cm³/mol. The fourth-order valence-electron chi connectivity index (χ4n) is 2.08. The van der Waals surface area contributed by atoms with Crippen LogP contribution in [0, 0.1) is 13.8 Å². The number of hydrogen-bond acceptors (Lipinski definition) is 2. The van der Waals surface area contributed by atoms with E-state index >= 15 is 0 Å². The molecule has 2 aromatic rings. The summed E-state index contributed by atoms with van der Waals surface area (Å²) >= 11 is 0. The van der Waals surface area contributed by atoms with Crippen LogP contribution in [0.15, 0.2) is 42.5 Å². The molecule has 2 aromatic carbocycles. The average Bonchev–Trinajstić information content (AvgIpc) is 2.48. The number of benzene rings is 2. The minimum absolute atomic E-state index is 0.0245. The van der Waals surface area contributed by atoms with Crippen LogP contribution in [0.1, 0.15) is 27.0 Å². The lowest BCUT2D eigenvalue weighted by atomic mass is 10.1. The Morgan fingerprint density at radius 2 is 1.85 bits per heavy atom. The molecule has 1 amide bonds. The summed E-state index contributed by atoms with van der Waals surface area (Å²) < 4.78 is 0. The number of hydrogen-bond donors (Lipinski definition) is 1. The summed E-state index contributed by atoms with van der Waals surface area (Å²) in [6, 6.07) is 13.5. The Morgan fingerprint density at radius 3 is 2.50 bits per heavy atom. The summed E-state index contributed by atoms with van der Waals surface area (Å²) in [6.45, 7) is 4.55. The molecule has 0 aliphatic rings. The molecule has 3 heteroatoms. The highest BCUT2D eigenvalue weighted by atomic mass is 16.2. The third-order valence-corrected chi connectivity index (χ3v) is 3.59.